The maximum atomic E-state index is 11.8. The number of fused-ring (bicyclic) bond motifs is 2. The average Bonchev–Trinajstić information content (AvgIpc) is 3.07. The number of benzene rings is 2. The van der Waals surface area contributed by atoms with E-state index in [9.17, 15) is 9.90 Å². The molecule has 0 aromatic heterocycles. The lowest BCUT2D eigenvalue weighted by molar-refractivity contribution is 0.0618. The molecule has 2 aromatic rings. The predicted octanol–water partition coefficient (Wildman–Crippen LogP) is 2.91. The Balaban J connectivity index is 1.20. The summed E-state index contributed by atoms with van der Waals surface area (Å²) in [7, 11) is 0. The SMILES string of the molecule is O=C(O)N1CCN(CCOc2ccccc2N2C3CCC2CNC3)CC1Cc1ccccc1. The minimum Gasteiger partial charge on any atom is -0.490 e. The average molecular weight is 451 g/mol. The summed E-state index contributed by atoms with van der Waals surface area (Å²) in [4.78, 5) is 18.3. The molecule has 3 atom stereocenters. The lowest BCUT2D eigenvalue weighted by atomic mass is 10.0. The molecule has 7 nitrogen and oxygen atoms in total. The second kappa shape index (κ2) is 10.0. The van der Waals surface area contributed by atoms with Crippen molar-refractivity contribution in [1.82, 2.24) is 15.1 Å². The number of hydrogen-bond acceptors (Lipinski definition) is 5. The Morgan fingerprint density at radius 2 is 1.73 bits per heavy atom. The number of piperazine rings is 2. The number of rotatable bonds is 7. The van der Waals surface area contributed by atoms with Gasteiger partial charge < -0.3 is 25.0 Å². The van der Waals surface area contributed by atoms with Crippen LogP contribution in [0.4, 0.5) is 10.5 Å². The van der Waals surface area contributed by atoms with Crippen LogP contribution in [0, 0.1) is 0 Å². The second-order valence-electron chi connectivity index (χ2n) is 9.39. The normalized spacial score (nSPS) is 25.3. The fraction of sp³-hybridized carbons (Fsp3) is 0.500. The Labute approximate surface area is 195 Å². The van der Waals surface area contributed by atoms with Gasteiger partial charge in [-0.15, -0.1) is 0 Å². The zero-order chi connectivity index (χ0) is 22.6. The van der Waals surface area contributed by atoms with Crippen LogP contribution >= 0.6 is 0 Å². The zero-order valence-corrected chi connectivity index (χ0v) is 19.1. The predicted molar refractivity (Wildman–Crippen MR) is 129 cm³/mol. The molecule has 5 rings (SSSR count). The Kier molecular flexibility index (Phi) is 6.69. The first-order valence-corrected chi connectivity index (χ1v) is 12.2. The Morgan fingerprint density at radius 1 is 1.00 bits per heavy atom. The summed E-state index contributed by atoms with van der Waals surface area (Å²) >= 11 is 0. The second-order valence-corrected chi connectivity index (χ2v) is 9.39. The molecule has 3 aliphatic rings. The fourth-order valence-electron chi connectivity index (χ4n) is 5.68. The van der Waals surface area contributed by atoms with E-state index in [0.717, 1.165) is 44.9 Å². The molecule has 7 heteroatoms. The van der Waals surface area contributed by atoms with Gasteiger partial charge in [0.2, 0.25) is 0 Å². The third-order valence-corrected chi connectivity index (χ3v) is 7.32. The van der Waals surface area contributed by atoms with Crippen LogP contribution in [0.5, 0.6) is 5.75 Å². The molecule has 3 unspecified atom stereocenters. The van der Waals surface area contributed by atoms with Gasteiger partial charge in [-0.2, -0.15) is 0 Å². The van der Waals surface area contributed by atoms with E-state index < -0.39 is 6.09 Å². The van der Waals surface area contributed by atoms with Crippen molar-refractivity contribution in [2.75, 3.05) is 50.8 Å². The number of hydrogen-bond donors (Lipinski definition) is 2. The number of anilines is 1. The lowest BCUT2D eigenvalue weighted by Crippen LogP contribution is -2.56. The summed E-state index contributed by atoms with van der Waals surface area (Å²) in [6.45, 7) is 5.49. The number of ether oxygens (including phenoxy) is 1. The van der Waals surface area contributed by atoms with E-state index in [1.165, 1.54) is 24.1 Å². The maximum absolute atomic E-state index is 11.8. The summed E-state index contributed by atoms with van der Waals surface area (Å²) in [5.41, 5.74) is 2.38. The molecule has 0 aliphatic carbocycles. The Morgan fingerprint density at radius 3 is 2.48 bits per heavy atom. The van der Waals surface area contributed by atoms with Crippen molar-refractivity contribution in [2.24, 2.45) is 0 Å². The molecule has 0 spiro atoms. The number of amides is 1. The first-order chi connectivity index (χ1) is 16.2. The van der Waals surface area contributed by atoms with E-state index in [2.05, 4.69) is 45.4 Å². The summed E-state index contributed by atoms with van der Waals surface area (Å²) in [6, 6.07) is 19.6. The van der Waals surface area contributed by atoms with E-state index in [-0.39, 0.29) is 6.04 Å². The van der Waals surface area contributed by atoms with Crippen LogP contribution in [-0.4, -0.2) is 85.0 Å². The summed E-state index contributed by atoms with van der Waals surface area (Å²) in [6.07, 6.45) is 2.39. The van der Waals surface area contributed by atoms with Crippen LogP contribution in [0.15, 0.2) is 54.6 Å². The van der Waals surface area contributed by atoms with Gasteiger partial charge in [0, 0.05) is 51.4 Å². The van der Waals surface area contributed by atoms with Crippen LogP contribution in [0.3, 0.4) is 0 Å². The molecule has 2 bridgehead atoms. The molecule has 2 N–H and O–H groups in total. The van der Waals surface area contributed by atoms with Crippen molar-refractivity contribution in [3.05, 3.63) is 60.2 Å². The minimum absolute atomic E-state index is 0.0394. The standard InChI is InChI=1S/C26H34N4O3/c31-26(32)29-13-12-28(19-23(29)16-20-6-2-1-3-7-20)14-15-33-25-9-5-4-8-24(25)30-21-10-11-22(30)18-27-17-21/h1-9,21-23,27H,10-19H2,(H,31,32). The molecule has 0 radical (unpaired) electrons. The fourth-order valence-corrected chi connectivity index (χ4v) is 5.68. The summed E-state index contributed by atoms with van der Waals surface area (Å²) in [5, 5.41) is 13.2. The molecule has 3 saturated heterocycles. The number of carbonyl (C=O) groups is 1. The first kappa shape index (κ1) is 22.0. The van der Waals surface area contributed by atoms with Gasteiger partial charge in [-0.3, -0.25) is 4.90 Å². The van der Waals surface area contributed by atoms with Gasteiger partial charge in [0.15, 0.2) is 0 Å². The monoisotopic (exact) mass is 450 g/mol. The third kappa shape index (κ3) is 4.94. The Hall–Kier alpha value is -2.77. The van der Waals surface area contributed by atoms with Gasteiger partial charge in [0.05, 0.1) is 11.7 Å². The highest BCUT2D eigenvalue weighted by molar-refractivity contribution is 5.65. The zero-order valence-electron chi connectivity index (χ0n) is 19.1. The summed E-state index contributed by atoms with van der Waals surface area (Å²) in [5.74, 6) is 0.960. The summed E-state index contributed by atoms with van der Waals surface area (Å²) < 4.78 is 6.31. The molecule has 2 aromatic carbocycles. The van der Waals surface area contributed by atoms with Crippen molar-refractivity contribution in [3.8, 4) is 5.75 Å². The van der Waals surface area contributed by atoms with Gasteiger partial charge in [-0.25, -0.2) is 4.79 Å². The van der Waals surface area contributed by atoms with Crippen molar-refractivity contribution in [3.63, 3.8) is 0 Å². The first-order valence-electron chi connectivity index (χ1n) is 12.2. The van der Waals surface area contributed by atoms with Crippen LogP contribution in [0.2, 0.25) is 0 Å². The molecule has 3 aliphatic heterocycles. The number of para-hydroxylation sites is 2. The molecule has 1 amide bonds. The van der Waals surface area contributed by atoms with Gasteiger partial charge in [-0.05, 0) is 37.0 Å². The molecule has 3 fully saturated rings. The van der Waals surface area contributed by atoms with E-state index in [0.29, 0.717) is 25.2 Å². The van der Waals surface area contributed by atoms with Crippen LogP contribution in [0.1, 0.15) is 18.4 Å². The molecule has 176 valence electrons. The molecule has 0 saturated carbocycles. The largest absolute Gasteiger partial charge is 0.490 e. The number of nitrogens with zero attached hydrogens (tertiary/aromatic N) is 3. The topological polar surface area (TPSA) is 68.3 Å². The number of carboxylic acid groups (broad SMARTS) is 1. The van der Waals surface area contributed by atoms with E-state index in [4.69, 9.17) is 4.74 Å². The molecular weight excluding hydrogens is 416 g/mol. The highest BCUT2D eigenvalue weighted by Gasteiger charge is 2.37. The van der Waals surface area contributed by atoms with Crippen molar-refractivity contribution in [1.29, 1.82) is 0 Å². The van der Waals surface area contributed by atoms with Crippen molar-refractivity contribution in [2.45, 2.75) is 37.4 Å². The molecule has 3 heterocycles. The van der Waals surface area contributed by atoms with Crippen LogP contribution in [0.25, 0.3) is 0 Å². The highest BCUT2D eigenvalue weighted by atomic mass is 16.5. The van der Waals surface area contributed by atoms with Crippen LogP contribution < -0.4 is 15.0 Å². The third-order valence-electron chi connectivity index (χ3n) is 7.32. The highest BCUT2D eigenvalue weighted by Crippen LogP contribution is 2.38. The van der Waals surface area contributed by atoms with Gasteiger partial charge in [-0.1, -0.05) is 42.5 Å². The van der Waals surface area contributed by atoms with Gasteiger partial charge in [0.25, 0.3) is 0 Å². The van der Waals surface area contributed by atoms with E-state index in [1.807, 2.05) is 24.3 Å². The van der Waals surface area contributed by atoms with Crippen LogP contribution in [-0.2, 0) is 6.42 Å². The van der Waals surface area contributed by atoms with Crippen molar-refractivity contribution < 1.29 is 14.6 Å². The lowest BCUT2D eigenvalue weighted by Gasteiger charge is -2.40. The quantitative estimate of drug-likeness (QED) is 0.676. The number of nitrogens with one attached hydrogen (secondary N) is 1. The van der Waals surface area contributed by atoms with E-state index >= 15 is 0 Å². The van der Waals surface area contributed by atoms with Gasteiger partial charge >= 0.3 is 6.09 Å². The molecular formula is C26H34N4O3. The van der Waals surface area contributed by atoms with Gasteiger partial charge in [0.1, 0.15) is 12.4 Å². The minimum atomic E-state index is -0.827. The van der Waals surface area contributed by atoms with E-state index in [1.54, 1.807) is 4.90 Å². The molecule has 33 heavy (non-hydrogen) atoms. The Bertz CT molecular complexity index is 924. The van der Waals surface area contributed by atoms with Crippen molar-refractivity contribution >= 4 is 11.8 Å². The smallest absolute Gasteiger partial charge is 0.407 e. The maximum Gasteiger partial charge on any atom is 0.407 e.